The first kappa shape index (κ1) is 12.2. The average Bonchev–Trinajstić information content (AvgIpc) is 3.11. The minimum atomic E-state index is 0.354. The Bertz CT molecular complexity index is 431. The molecule has 98 valence electrons. The molecule has 1 N–H and O–H groups in total. The van der Waals surface area contributed by atoms with Crippen LogP contribution in [0.2, 0.25) is 0 Å². The van der Waals surface area contributed by atoms with Crippen molar-refractivity contribution in [3.8, 4) is 0 Å². The molecular weight excluding hydrogens is 218 g/mol. The Morgan fingerprint density at radius 2 is 2.00 bits per heavy atom. The fourth-order valence-corrected chi connectivity index (χ4v) is 3.51. The summed E-state index contributed by atoms with van der Waals surface area (Å²) in [5.74, 6) is 1.84. The Hall–Kier alpha value is -0.820. The maximum atomic E-state index is 3.85. The summed E-state index contributed by atoms with van der Waals surface area (Å²) in [6.07, 6.45) is 4.11. The topological polar surface area (TPSA) is 12.0 Å². The van der Waals surface area contributed by atoms with Gasteiger partial charge in [-0.1, -0.05) is 45.0 Å². The van der Waals surface area contributed by atoms with Crippen molar-refractivity contribution >= 4 is 0 Å². The average molecular weight is 243 g/mol. The Kier molecular flexibility index (Phi) is 2.97. The zero-order valence-corrected chi connectivity index (χ0v) is 11.9. The molecule has 0 aliphatic heterocycles. The number of hydrogen-bond donors (Lipinski definition) is 1. The van der Waals surface area contributed by atoms with E-state index in [0.29, 0.717) is 11.5 Å². The van der Waals surface area contributed by atoms with Crippen molar-refractivity contribution in [1.29, 1.82) is 0 Å². The molecule has 1 aromatic carbocycles. The van der Waals surface area contributed by atoms with Gasteiger partial charge in [-0.2, -0.15) is 0 Å². The summed E-state index contributed by atoms with van der Waals surface area (Å²) < 4.78 is 0. The van der Waals surface area contributed by atoms with Gasteiger partial charge < -0.3 is 5.32 Å². The molecule has 0 saturated heterocycles. The highest BCUT2D eigenvalue weighted by molar-refractivity contribution is 5.37. The first-order chi connectivity index (χ1) is 8.58. The van der Waals surface area contributed by atoms with Crippen LogP contribution >= 0.6 is 0 Å². The molecular formula is C17H25N. The lowest BCUT2D eigenvalue weighted by molar-refractivity contribution is 0.256. The lowest BCUT2D eigenvalue weighted by atomic mass is 9.85. The highest BCUT2D eigenvalue weighted by Gasteiger charge is 2.39. The first-order valence-corrected chi connectivity index (χ1v) is 7.39. The number of rotatable bonds is 4. The summed E-state index contributed by atoms with van der Waals surface area (Å²) >= 11 is 0. The quantitative estimate of drug-likeness (QED) is 0.844. The molecule has 2 aliphatic rings. The van der Waals surface area contributed by atoms with Crippen molar-refractivity contribution in [2.75, 3.05) is 6.54 Å². The molecule has 0 spiro atoms. The Morgan fingerprint density at radius 3 is 2.72 bits per heavy atom. The Labute approximate surface area is 111 Å². The normalized spacial score (nSPS) is 26.9. The number of hydrogen-bond acceptors (Lipinski definition) is 1. The highest BCUT2D eigenvalue weighted by Crippen LogP contribution is 2.45. The predicted molar refractivity (Wildman–Crippen MR) is 76.6 cm³/mol. The summed E-state index contributed by atoms with van der Waals surface area (Å²) in [7, 11) is 0. The molecule has 18 heavy (non-hydrogen) atoms. The zero-order chi connectivity index (χ0) is 12.8. The summed E-state index contributed by atoms with van der Waals surface area (Å²) in [6, 6.07) is 9.49. The van der Waals surface area contributed by atoms with Crippen LogP contribution in [0.3, 0.4) is 0 Å². The van der Waals surface area contributed by atoms with Crippen LogP contribution in [-0.4, -0.2) is 6.54 Å². The van der Waals surface area contributed by atoms with Crippen molar-refractivity contribution in [1.82, 2.24) is 5.32 Å². The summed E-state index contributed by atoms with van der Waals surface area (Å²) in [4.78, 5) is 0. The molecule has 1 heteroatoms. The monoisotopic (exact) mass is 243 g/mol. The number of benzene rings is 1. The van der Waals surface area contributed by atoms with Gasteiger partial charge in [-0.15, -0.1) is 0 Å². The molecule has 0 amide bonds. The highest BCUT2D eigenvalue weighted by atomic mass is 14.9. The summed E-state index contributed by atoms with van der Waals surface area (Å²) in [6.45, 7) is 8.37. The third-order valence-corrected chi connectivity index (χ3v) is 4.86. The third kappa shape index (κ3) is 2.21. The molecule has 1 nitrogen and oxygen atoms in total. The van der Waals surface area contributed by atoms with Gasteiger partial charge in [0.15, 0.2) is 0 Å². The van der Waals surface area contributed by atoms with Crippen LogP contribution in [0.15, 0.2) is 24.3 Å². The molecule has 2 aliphatic carbocycles. The van der Waals surface area contributed by atoms with Gasteiger partial charge in [0.2, 0.25) is 0 Å². The van der Waals surface area contributed by atoms with Crippen molar-refractivity contribution in [2.45, 2.75) is 46.1 Å². The molecule has 2 atom stereocenters. The van der Waals surface area contributed by atoms with Gasteiger partial charge in [0.1, 0.15) is 0 Å². The van der Waals surface area contributed by atoms with Gasteiger partial charge in [0.05, 0.1) is 0 Å². The van der Waals surface area contributed by atoms with Gasteiger partial charge in [-0.25, -0.2) is 0 Å². The number of nitrogens with one attached hydrogen (secondary N) is 1. The Morgan fingerprint density at radius 1 is 1.28 bits per heavy atom. The predicted octanol–water partition coefficient (Wildman–Crippen LogP) is 3.95. The SMILES string of the molecule is CC(CNC1c2ccccc2CC1(C)C)C1CC1. The number of fused-ring (bicyclic) bond motifs is 1. The second kappa shape index (κ2) is 4.38. The van der Waals surface area contributed by atoms with Crippen molar-refractivity contribution in [3.63, 3.8) is 0 Å². The summed E-state index contributed by atoms with van der Waals surface area (Å²) in [5, 5.41) is 3.85. The fraction of sp³-hybridized carbons (Fsp3) is 0.647. The molecule has 0 radical (unpaired) electrons. The third-order valence-electron chi connectivity index (χ3n) is 4.86. The maximum absolute atomic E-state index is 3.85. The maximum Gasteiger partial charge on any atom is 0.0377 e. The molecule has 1 saturated carbocycles. The molecule has 0 bridgehead atoms. The van der Waals surface area contributed by atoms with Crippen LogP contribution in [0, 0.1) is 17.3 Å². The lowest BCUT2D eigenvalue weighted by Crippen LogP contribution is -2.34. The smallest absolute Gasteiger partial charge is 0.0377 e. The van der Waals surface area contributed by atoms with Crippen LogP contribution in [0.1, 0.15) is 50.8 Å². The van der Waals surface area contributed by atoms with Gasteiger partial charge in [0, 0.05) is 6.04 Å². The second-order valence-corrected chi connectivity index (χ2v) is 7.02. The van der Waals surface area contributed by atoms with Gasteiger partial charge >= 0.3 is 0 Å². The van der Waals surface area contributed by atoms with Crippen LogP contribution in [0.25, 0.3) is 0 Å². The van der Waals surface area contributed by atoms with Gasteiger partial charge in [-0.05, 0) is 54.2 Å². The van der Waals surface area contributed by atoms with Crippen LogP contribution < -0.4 is 5.32 Å². The van der Waals surface area contributed by atoms with Crippen LogP contribution in [0.4, 0.5) is 0 Å². The minimum Gasteiger partial charge on any atom is -0.309 e. The van der Waals surface area contributed by atoms with E-state index in [0.717, 1.165) is 11.8 Å². The van der Waals surface area contributed by atoms with Crippen LogP contribution in [-0.2, 0) is 6.42 Å². The summed E-state index contributed by atoms with van der Waals surface area (Å²) in [5.41, 5.74) is 3.43. The van der Waals surface area contributed by atoms with Crippen LogP contribution in [0.5, 0.6) is 0 Å². The van der Waals surface area contributed by atoms with E-state index in [1.54, 1.807) is 5.56 Å². The van der Waals surface area contributed by atoms with Crippen molar-refractivity contribution in [2.24, 2.45) is 17.3 Å². The van der Waals surface area contributed by atoms with E-state index in [-0.39, 0.29) is 0 Å². The first-order valence-electron chi connectivity index (χ1n) is 7.39. The van der Waals surface area contributed by atoms with E-state index in [9.17, 15) is 0 Å². The van der Waals surface area contributed by atoms with E-state index in [4.69, 9.17) is 0 Å². The molecule has 0 heterocycles. The van der Waals surface area contributed by atoms with E-state index in [1.165, 1.54) is 31.4 Å². The lowest BCUT2D eigenvalue weighted by Gasteiger charge is -2.30. The van der Waals surface area contributed by atoms with E-state index in [1.807, 2.05) is 0 Å². The molecule has 3 rings (SSSR count). The molecule has 2 unspecified atom stereocenters. The second-order valence-electron chi connectivity index (χ2n) is 7.02. The van der Waals surface area contributed by atoms with Gasteiger partial charge in [0.25, 0.3) is 0 Å². The molecule has 1 fully saturated rings. The standard InChI is InChI=1S/C17H25N/c1-12(13-8-9-13)11-18-16-15-7-5-4-6-14(15)10-17(16,2)3/h4-7,12-13,16,18H,8-11H2,1-3H3. The van der Waals surface area contributed by atoms with Gasteiger partial charge in [-0.3, -0.25) is 0 Å². The van der Waals surface area contributed by atoms with E-state index >= 15 is 0 Å². The van der Waals surface area contributed by atoms with E-state index < -0.39 is 0 Å². The Balaban J connectivity index is 1.73. The molecule has 1 aromatic rings. The van der Waals surface area contributed by atoms with E-state index in [2.05, 4.69) is 50.4 Å². The molecule has 0 aromatic heterocycles. The van der Waals surface area contributed by atoms with Crippen molar-refractivity contribution in [3.05, 3.63) is 35.4 Å². The van der Waals surface area contributed by atoms with Crippen molar-refractivity contribution < 1.29 is 0 Å². The zero-order valence-electron chi connectivity index (χ0n) is 11.9. The minimum absolute atomic E-state index is 0.354. The largest absolute Gasteiger partial charge is 0.309 e. The fourth-order valence-electron chi connectivity index (χ4n) is 3.51.